The summed E-state index contributed by atoms with van der Waals surface area (Å²) in [5.41, 5.74) is 4.15. The molecule has 0 spiro atoms. The zero-order valence-electron chi connectivity index (χ0n) is 14.1. The van der Waals surface area contributed by atoms with Gasteiger partial charge >= 0.3 is 0 Å². The van der Waals surface area contributed by atoms with E-state index < -0.39 is 0 Å². The van der Waals surface area contributed by atoms with E-state index in [2.05, 4.69) is 80.1 Å². The predicted molar refractivity (Wildman–Crippen MR) is 107 cm³/mol. The van der Waals surface area contributed by atoms with Crippen molar-refractivity contribution in [3.05, 3.63) is 60.2 Å². The topological polar surface area (TPSA) is 4.93 Å². The molecule has 3 aromatic carbocycles. The molecule has 5 rings (SSSR count). The third kappa shape index (κ3) is 1.69. The second-order valence-electron chi connectivity index (χ2n) is 6.90. The van der Waals surface area contributed by atoms with Gasteiger partial charge in [0.1, 0.15) is 0 Å². The zero-order valence-corrected chi connectivity index (χ0v) is 14.9. The maximum atomic E-state index is 2.43. The summed E-state index contributed by atoms with van der Waals surface area (Å²) in [5, 5.41) is 5.55. The van der Waals surface area contributed by atoms with Crippen LogP contribution in [0.25, 0.3) is 42.0 Å². The van der Waals surface area contributed by atoms with Crippen molar-refractivity contribution < 1.29 is 0 Å². The molecule has 118 valence electrons. The predicted octanol–water partition coefficient (Wildman–Crippen LogP) is 6.82. The van der Waals surface area contributed by atoms with Crippen molar-refractivity contribution in [2.24, 2.45) is 7.05 Å². The van der Waals surface area contributed by atoms with Crippen LogP contribution in [-0.2, 0) is 7.05 Å². The Balaban J connectivity index is 2.17. The van der Waals surface area contributed by atoms with Gasteiger partial charge < -0.3 is 4.57 Å². The molecule has 1 nitrogen and oxygen atoms in total. The van der Waals surface area contributed by atoms with Gasteiger partial charge in [-0.3, -0.25) is 0 Å². The molecule has 0 saturated heterocycles. The highest BCUT2D eigenvalue weighted by molar-refractivity contribution is 7.26. The molecule has 2 heterocycles. The number of para-hydroxylation sites is 1. The summed E-state index contributed by atoms with van der Waals surface area (Å²) in [5.74, 6) is 0.518. The lowest BCUT2D eigenvalue weighted by Crippen LogP contribution is -1.91. The molecule has 0 aliphatic carbocycles. The summed E-state index contributed by atoms with van der Waals surface area (Å²) in [4.78, 5) is 0. The number of benzene rings is 3. The molecule has 0 amide bonds. The van der Waals surface area contributed by atoms with Crippen LogP contribution in [0, 0.1) is 0 Å². The molecule has 24 heavy (non-hydrogen) atoms. The van der Waals surface area contributed by atoms with Crippen molar-refractivity contribution in [1.82, 2.24) is 4.57 Å². The van der Waals surface area contributed by atoms with Gasteiger partial charge in [0.05, 0.1) is 5.52 Å². The summed E-state index contributed by atoms with van der Waals surface area (Å²) in [6.07, 6.45) is 0. The highest BCUT2D eigenvalue weighted by atomic mass is 32.1. The minimum Gasteiger partial charge on any atom is -0.343 e. The highest BCUT2D eigenvalue weighted by Crippen LogP contribution is 2.44. The van der Waals surface area contributed by atoms with Crippen LogP contribution in [0.3, 0.4) is 0 Å². The lowest BCUT2D eigenvalue weighted by Gasteiger charge is -2.09. The zero-order chi connectivity index (χ0) is 16.4. The highest BCUT2D eigenvalue weighted by Gasteiger charge is 2.19. The molecule has 0 atom stereocenters. The van der Waals surface area contributed by atoms with Crippen molar-refractivity contribution >= 4 is 53.3 Å². The van der Waals surface area contributed by atoms with Gasteiger partial charge in [-0.05, 0) is 29.7 Å². The van der Waals surface area contributed by atoms with Crippen LogP contribution in [-0.4, -0.2) is 4.57 Å². The van der Waals surface area contributed by atoms with Crippen LogP contribution in [0.1, 0.15) is 25.3 Å². The summed E-state index contributed by atoms with van der Waals surface area (Å²) in [6, 6.07) is 20.0. The summed E-state index contributed by atoms with van der Waals surface area (Å²) < 4.78 is 5.20. The Morgan fingerprint density at radius 1 is 0.875 bits per heavy atom. The van der Waals surface area contributed by atoms with Crippen molar-refractivity contribution in [3.63, 3.8) is 0 Å². The molecule has 0 fully saturated rings. The second-order valence-corrected chi connectivity index (χ2v) is 7.95. The van der Waals surface area contributed by atoms with Gasteiger partial charge in [-0.25, -0.2) is 0 Å². The molecule has 0 aliphatic rings. The first-order valence-electron chi connectivity index (χ1n) is 8.48. The van der Waals surface area contributed by atoms with E-state index in [1.165, 1.54) is 47.5 Å². The molecule has 0 aliphatic heterocycles. The average molecular weight is 329 g/mol. The Hall–Kier alpha value is -2.32. The molecule has 0 bridgehead atoms. The lowest BCUT2D eigenvalue weighted by atomic mass is 9.97. The maximum absolute atomic E-state index is 2.43. The van der Waals surface area contributed by atoms with Crippen molar-refractivity contribution in [2.75, 3.05) is 0 Å². The SMILES string of the molecule is CC(C)c1cc2c3ccccc3n(C)c2c2c1sc1ccccc12. The Morgan fingerprint density at radius 2 is 1.58 bits per heavy atom. The van der Waals surface area contributed by atoms with Gasteiger partial charge in [-0.2, -0.15) is 0 Å². The third-order valence-corrected chi connectivity index (χ3v) is 6.38. The van der Waals surface area contributed by atoms with E-state index in [-0.39, 0.29) is 0 Å². The van der Waals surface area contributed by atoms with E-state index in [0.717, 1.165) is 0 Å². The van der Waals surface area contributed by atoms with Crippen molar-refractivity contribution in [1.29, 1.82) is 0 Å². The van der Waals surface area contributed by atoms with Crippen LogP contribution in [0.4, 0.5) is 0 Å². The van der Waals surface area contributed by atoms with Crippen LogP contribution >= 0.6 is 11.3 Å². The van der Waals surface area contributed by atoms with Gasteiger partial charge in [0, 0.05) is 43.5 Å². The number of hydrogen-bond acceptors (Lipinski definition) is 1. The Labute approximate surface area is 145 Å². The van der Waals surface area contributed by atoms with Gasteiger partial charge in [0.25, 0.3) is 0 Å². The fourth-order valence-electron chi connectivity index (χ4n) is 4.00. The summed E-state index contributed by atoms with van der Waals surface area (Å²) in [6.45, 7) is 4.60. The van der Waals surface area contributed by atoms with E-state index in [0.29, 0.717) is 5.92 Å². The number of aryl methyl sites for hydroxylation is 1. The molecule has 0 unspecified atom stereocenters. The largest absolute Gasteiger partial charge is 0.343 e. The van der Waals surface area contributed by atoms with Crippen LogP contribution in [0.5, 0.6) is 0 Å². The normalized spacial score (nSPS) is 12.3. The van der Waals surface area contributed by atoms with E-state index in [1.807, 2.05) is 11.3 Å². The fourth-order valence-corrected chi connectivity index (χ4v) is 5.37. The summed E-state index contributed by atoms with van der Waals surface area (Å²) in [7, 11) is 2.20. The quantitative estimate of drug-likeness (QED) is 0.318. The first-order chi connectivity index (χ1) is 11.7. The summed E-state index contributed by atoms with van der Waals surface area (Å²) >= 11 is 1.94. The standard InChI is InChI=1S/C22H19NS/c1-13(2)16-12-17-14-8-4-6-10-18(14)23(3)21(17)20-15-9-5-7-11-19(15)24-22(16)20/h4-13H,1-3H3. The maximum Gasteiger partial charge on any atom is 0.0583 e. The van der Waals surface area contributed by atoms with Gasteiger partial charge in [-0.1, -0.05) is 50.2 Å². The third-order valence-electron chi connectivity index (χ3n) is 5.16. The average Bonchev–Trinajstić information content (AvgIpc) is 3.11. The second kappa shape index (κ2) is 4.84. The van der Waals surface area contributed by atoms with Crippen LogP contribution in [0.2, 0.25) is 0 Å². The Bertz CT molecular complexity index is 1240. The smallest absolute Gasteiger partial charge is 0.0583 e. The van der Waals surface area contributed by atoms with E-state index in [4.69, 9.17) is 0 Å². The van der Waals surface area contributed by atoms with Gasteiger partial charge in [-0.15, -0.1) is 11.3 Å². The number of thiophene rings is 1. The Kier molecular flexibility index (Phi) is 2.84. The number of fused-ring (bicyclic) bond motifs is 7. The van der Waals surface area contributed by atoms with E-state index in [9.17, 15) is 0 Å². The molecule has 0 N–H and O–H groups in total. The van der Waals surface area contributed by atoms with E-state index in [1.54, 1.807) is 0 Å². The fraction of sp³-hybridized carbons (Fsp3) is 0.182. The monoisotopic (exact) mass is 329 g/mol. The van der Waals surface area contributed by atoms with Crippen LogP contribution < -0.4 is 0 Å². The lowest BCUT2D eigenvalue weighted by molar-refractivity contribution is 0.879. The number of rotatable bonds is 1. The number of hydrogen-bond donors (Lipinski definition) is 0. The molecular weight excluding hydrogens is 310 g/mol. The van der Waals surface area contributed by atoms with Gasteiger partial charge in [0.15, 0.2) is 0 Å². The molecular formula is C22H19NS. The van der Waals surface area contributed by atoms with Gasteiger partial charge in [0.2, 0.25) is 0 Å². The number of aromatic nitrogens is 1. The first kappa shape index (κ1) is 14.1. The molecule has 0 radical (unpaired) electrons. The van der Waals surface area contributed by atoms with Crippen LogP contribution in [0.15, 0.2) is 54.6 Å². The van der Waals surface area contributed by atoms with Crippen molar-refractivity contribution in [2.45, 2.75) is 19.8 Å². The van der Waals surface area contributed by atoms with Crippen molar-refractivity contribution in [3.8, 4) is 0 Å². The molecule has 2 aromatic heterocycles. The molecule has 0 saturated carbocycles. The number of nitrogens with zero attached hydrogens (tertiary/aromatic N) is 1. The Morgan fingerprint density at radius 3 is 2.38 bits per heavy atom. The van der Waals surface area contributed by atoms with E-state index >= 15 is 0 Å². The minimum atomic E-state index is 0.518. The minimum absolute atomic E-state index is 0.518. The molecule has 2 heteroatoms. The first-order valence-corrected chi connectivity index (χ1v) is 9.29. The molecule has 5 aromatic rings.